The summed E-state index contributed by atoms with van der Waals surface area (Å²) in [5.41, 5.74) is 0. The first-order chi connectivity index (χ1) is 17.8. The molecule has 0 aliphatic carbocycles. The van der Waals surface area contributed by atoms with Gasteiger partial charge < -0.3 is 9.47 Å². The Bertz CT molecular complexity index is 855. The first kappa shape index (κ1) is 33.6. The van der Waals surface area contributed by atoms with Crippen LogP contribution in [-0.4, -0.2) is 45.9 Å². The van der Waals surface area contributed by atoms with Crippen molar-refractivity contribution in [3.63, 3.8) is 0 Å². The Balaban J connectivity index is 2.08. The number of esters is 1. The SMILES string of the molecule is CCCCCCCCCCCCCCCCS(=O)(=O)NCCSc1ccc(OC(F)C(=O)OC)c(F)c1. The van der Waals surface area contributed by atoms with Crippen LogP contribution in [0.2, 0.25) is 0 Å². The molecular weight excluding hydrogens is 520 g/mol. The minimum atomic E-state index is -3.33. The number of alkyl halides is 1. The largest absolute Gasteiger partial charge is 0.464 e. The maximum atomic E-state index is 14.1. The third-order valence-corrected chi connectivity index (χ3v) is 8.45. The van der Waals surface area contributed by atoms with Crippen LogP contribution in [0.5, 0.6) is 5.75 Å². The predicted molar refractivity (Wildman–Crippen MR) is 147 cm³/mol. The summed E-state index contributed by atoms with van der Waals surface area (Å²) in [5.74, 6) is -1.96. The number of methoxy groups -OCH3 is 1. The molecule has 1 rings (SSSR count). The van der Waals surface area contributed by atoms with E-state index in [9.17, 15) is 22.0 Å². The van der Waals surface area contributed by atoms with E-state index in [-0.39, 0.29) is 12.3 Å². The molecule has 0 fully saturated rings. The Morgan fingerprint density at radius 2 is 1.49 bits per heavy atom. The van der Waals surface area contributed by atoms with Gasteiger partial charge in [0, 0.05) is 17.2 Å². The lowest BCUT2D eigenvalue weighted by atomic mass is 10.0. The maximum absolute atomic E-state index is 14.1. The van der Waals surface area contributed by atoms with Gasteiger partial charge in [-0.3, -0.25) is 0 Å². The van der Waals surface area contributed by atoms with Gasteiger partial charge in [0.25, 0.3) is 0 Å². The Morgan fingerprint density at radius 1 is 0.946 bits per heavy atom. The number of hydrogen-bond acceptors (Lipinski definition) is 6. The molecule has 1 atom stereocenters. The van der Waals surface area contributed by atoms with E-state index in [4.69, 9.17) is 0 Å². The average Bonchev–Trinajstić information content (AvgIpc) is 2.87. The zero-order valence-corrected chi connectivity index (χ0v) is 24.1. The summed E-state index contributed by atoms with van der Waals surface area (Å²) in [6.07, 6.45) is 14.6. The summed E-state index contributed by atoms with van der Waals surface area (Å²) in [6.45, 7) is 2.47. The third-order valence-electron chi connectivity index (χ3n) is 5.98. The second kappa shape index (κ2) is 20.6. The highest BCUT2D eigenvalue weighted by Crippen LogP contribution is 2.26. The number of benzene rings is 1. The molecular formula is C27H45F2NO5S2. The van der Waals surface area contributed by atoms with Gasteiger partial charge in [-0.1, -0.05) is 90.4 Å². The summed E-state index contributed by atoms with van der Waals surface area (Å²) in [4.78, 5) is 11.6. The van der Waals surface area contributed by atoms with Crippen molar-refractivity contribution < 1.29 is 31.5 Å². The molecule has 0 aliphatic rings. The second-order valence-electron chi connectivity index (χ2n) is 9.21. The summed E-state index contributed by atoms with van der Waals surface area (Å²) in [7, 11) is -2.33. The van der Waals surface area contributed by atoms with E-state index in [2.05, 4.69) is 21.1 Å². The molecule has 6 nitrogen and oxygen atoms in total. The molecule has 37 heavy (non-hydrogen) atoms. The van der Waals surface area contributed by atoms with Crippen LogP contribution in [0.1, 0.15) is 96.8 Å². The normalized spacial score (nSPS) is 12.4. The van der Waals surface area contributed by atoms with Gasteiger partial charge in [0.15, 0.2) is 11.6 Å². The van der Waals surface area contributed by atoms with Crippen molar-refractivity contribution >= 4 is 27.8 Å². The number of carbonyl (C=O) groups excluding carboxylic acids is 1. The first-order valence-electron chi connectivity index (χ1n) is 13.6. The van der Waals surface area contributed by atoms with E-state index in [0.29, 0.717) is 17.1 Å². The molecule has 0 saturated carbocycles. The van der Waals surface area contributed by atoms with Gasteiger partial charge in [0.1, 0.15) is 0 Å². The molecule has 1 unspecified atom stereocenters. The van der Waals surface area contributed by atoms with Crippen LogP contribution in [0.25, 0.3) is 0 Å². The topological polar surface area (TPSA) is 81.7 Å². The number of unbranched alkanes of at least 4 members (excludes halogenated alkanes) is 13. The zero-order valence-electron chi connectivity index (χ0n) is 22.4. The van der Waals surface area contributed by atoms with Crippen molar-refractivity contribution in [3.05, 3.63) is 24.0 Å². The minimum absolute atomic E-state index is 0.112. The van der Waals surface area contributed by atoms with Crippen molar-refractivity contribution in [2.75, 3.05) is 25.2 Å². The number of ether oxygens (including phenoxy) is 2. The minimum Gasteiger partial charge on any atom is -0.464 e. The molecule has 0 aromatic heterocycles. The van der Waals surface area contributed by atoms with Crippen molar-refractivity contribution in [2.24, 2.45) is 0 Å². The Labute approximate surface area is 226 Å². The van der Waals surface area contributed by atoms with E-state index >= 15 is 0 Å². The quantitative estimate of drug-likeness (QED) is 0.0861. The van der Waals surface area contributed by atoms with E-state index in [1.54, 1.807) is 0 Å². The number of thioether (sulfide) groups is 1. The standard InChI is InChI=1S/C27H45F2NO5S2/c1-3-4-5-6-7-8-9-10-11-12-13-14-15-16-21-37(32,33)30-19-20-36-23-17-18-25(24(28)22-23)35-26(29)27(31)34-2/h17-18,22,26,30H,3-16,19-21H2,1-2H3. The highest BCUT2D eigenvalue weighted by Gasteiger charge is 2.21. The van der Waals surface area contributed by atoms with E-state index in [1.807, 2.05) is 0 Å². The smallest absolute Gasteiger partial charge is 0.380 e. The lowest BCUT2D eigenvalue weighted by Crippen LogP contribution is -2.28. The monoisotopic (exact) mass is 565 g/mol. The number of hydrogen-bond donors (Lipinski definition) is 1. The second-order valence-corrected chi connectivity index (χ2v) is 12.3. The van der Waals surface area contributed by atoms with Crippen molar-refractivity contribution in [1.82, 2.24) is 4.72 Å². The summed E-state index contributed by atoms with van der Waals surface area (Å²) < 4.78 is 63.2. The molecule has 0 heterocycles. The van der Waals surface area contributed by atoms with Crippen LogP contribution in [0, 0.1) is 5.82 Å². The summed E-state index contributed by atoms with van der Waals surface area (Å²) in [5, 5.41) is 0. The molecule has 10 heteroatoms. The van der Waals surface area contributed by atoms with Gasteiger partial charge in [-0.2, -0.15) is 4.39 Å². The predicted octanol–water partition coefficient (Wildman–Crippen LogP) is 7.17. The molecule has 0 radical (unpaired) electrons. The maximum Gasteiger partial charge on any atom is 0.380 e. The van der Waals surface area contributed by atoms with Gasteiger partial charge >= 0.3 is 12.3 Å². The molecule has 1 N–H and O–H groups in total. The molecule has 0 spiro atoms. The van der Waals surface area contributed by atoms with Crippen LogP contribution in [0.15, 0.2) is 23.1 Å². The Kier molecular flexibility index (Phi) is 18.7. The molecule has 0 amide bonds. The molecule has 0 bridgehead atoms. The Hall–Kier alpha value is -1.39. The third kappa shape index (κ3) is 16.9. The van der Waals surface area contributed by atoms with Gasteiger partial charge in [-0.15, -0.1) is 11.8 Å². The van der Waals surface area contributed by atoms with Gasteiger partial charge in [-0.05, 0) is 24.6 Å². The Morgan fingerprint density at radius 3 is 2.00 bits per heavy atom. The van der Waals surface area contributed by atoms with E-state index in [1.165, 1.54) is 88.1 Å². The molecule has 1 aromatic carbocycles. The zero-order chi connectivity index (χ0) is 27.4. The lowest BCUT2D eigenvalue weighted by molar-refractivity contribution is -0.157. The fourth-order valence-corrected chi connectivity index (χ4v) is 5.91. The van der Waals surface area contributed by atoms with Crippen LogP contribution in [0.4, 0.5) is 8.78 Å². The van der Waals surface area contributed by atoms with E-state index < -0.39 is 33.9 Å². The fraction of sp³-hybridized carbons (Fsp3) is 0.741. The van der Waals surface area contributed by atoms with Crippen molar-refractivity contribution in [3.8, 4) is 5.75 Å². The first-order valence-corrected chi connectivity index (χ1v) is 16.2. The lowest BCUT2D eigenvalue weighted by Gasteiger charge is -2.11. The van der Waals surface area contributed by atoms with Gasteiger partial charge in [0.05, 0.1) is 12.9 Å². The summed E-state index contributed by atoms with van der Waals surface area (Å²) >= 11 is 1.25. The summed E-state index contributed by atoms with van der Waals surface area (Å²) in [6, 6.07) is 3.87. The van der Waals surface area contributed by atoms with E-state index in [0.717, 1.165) is 32.4 Å². The molecule has 214 valence electrons. The molecule has 0 saturated heterocycles. The van der Waals surface area contributed by atoms with Crippen molar-refractivity contribution in [1.29, 1.82) is 0 Å². The van der Waals surface area contributed by atoms with Gasteiger partial charge in [0.2, 0.25) is 10.0 Å². The fourth-order valence-electron chi connectivity index (χ4n) is 3.84. The molecule has 0 aliphatic heterocycles. The van der Waals surface area contributed by atoms with Crippen LogP contribution >= 0.6 is 11.8 Å². The number of sulfonamides is 1. The number of rotatable bonds is 23. The van der Waals surface area contributed by atoms with Crippen LogP contribution in [0.3, 0.4) is 0 Å². The molecule has 1 aromatic rings. The average molecular weight is 566 g/mol. The van der Waals surface area contributed by atoms with Crippen LogP contribution < -0.4 is 9.46 Å². The van der Waals surface area contributed by atoms with Crippen LogP contribution in [-0.2, 0) is 19.6 Å². The highest BCUT2D eigenvalue weighted by atomic mass is 32.2. The number of carbonyl (C=O) groups is 1. The number of nitrogens with one attached hydrogen (secondary N) is 1. The highest BCUT2D eigenvalue weighted by molar-refractivity contribution is 7.99. The number of halogens is 2. The van der Waals surface area contributed by atoms with Crippen molar-refractivity contribution in [2.45, 2.75) is 108 Å². The van der Waals surface area contributed by atoms with Gasteiger partial charge in [-0.25, -0.2) is 22.3 Å².